The second-order valence-electron chi connectivity index (χ2n) is 3.40. The fourth-order valence-electron chi connectivity index (χ4n) is 1.40. The molecular formula is C11H11BrN2. The molecule has 0 radical (unpaired) electrons. The predicted octanol–water partition coefficient (Wildman–Crippen LogP) is 3.06. The number of rotatable bonds is 1. The molecule has 0 aliphatic carbocycles. The van der Waals surface area contributed by atoms with E-state index in [0.29, 0.717) is 0 Å². The molecule has 0 atom stereocenters. The lowest BCUT2D eigenvalue weighted by Crippen LogP contribution is -2.08. The third-order valence-corrected chi connectivity index (χ3v) is 2.85. The first-order chi connectivity index (χ1) is 6.68. The molecule has 0 saturated carbocycles. The van der Waals surface area contributed by atoms with E-state index in [0.717, 1.165) is 9.99 Å². The molecule has 1 aromatic carbocycles. The van der Waals surface area contributed by atoms with Gasteiger partial charge in [0.15, 0.2) is 0 Å². The Labute approximate surface area is 91.7 Å². The molecule has 0 N–H and O–H groups in total. The van der Waals surface area contributed by atoms with E-state index in [1.807, 2.05) is 26.4 Å². The molecule has 2 rings (SSSR count). The molecule has 72 valence electrons. The van der Waals surface area contributed by atoms with Crippen molar-refractivity contribution in [3.63, 3.8) is 0 Å². The summed E-state index contributed by atoms with van der Waals surface area (Å²) in [5.41, 5.74) is 1.19. The normalized spacial score (nSPS) is 10.5. The summed E-state index contributed by atoms with van der Waals surface area (Å²) >= 11 is 3.45. The van der Waals surface area contributed by atoms with Crippen LogP contribution < -0.4 is 4.90 Å². The monoisotopic (exact) mass is 250 g/mol. The van der Waals surface area contributed by atoms with Gasteiger partial charge in [0.2, 0.25) is 0 Å². The van der Waals surface area contributed by atoms with Gasteiger partial charge in [-0.05, 0) is 39.5 Å². The SMILES string of the molecule is CN(C)c1ccc2ccnc(Br)c2c1. The third-order valence-electron chi connectivity index (χ3n) is 2.22. The minimum Gasteiger partial charge on any atom is -0.378 e. The number of hydrogen-bond donors (Lipinski definition) is 0. The van der Waals surface area contributed by atoms with Gasteiger partial charge < -0.3 is 4.90 Å². The summed E-state index contributed by atoms with van der Waals surface area (Å²) in [5.74, 6) is 0. The number of fused-ring (bicyclic) bond motifs is 1. The van der Waals surface area contributed by atoms with Crippen molar-refractivity contribution >= 4 is 32.4 Å². The Balaban J connectivity index is 2.70. The van der Waals surface area contributed by atoms with E-state index < -0.39 is 0 Å². The minimum absolute atomic E-state index is 0.902. The van der Waals surface area contributed by atoms with Crippen LogP contribution >= 0.6 is 15.9 Å². The highest BCUT2D eigenvalue weighted by atomic mass is 79.9. The highest BCUT2D eigenvalue weighted by molar-refractivity contribution is 9.10. The van der Waals surface area contributed by atoms with Gasteiger partial charge in [0.05, 0.1) is 0 Å². The first kappa shape index (κ1) is 9.46. The van der Waals surface area contributed by atoms with Gasteiger partial charge in [0.25, 0.3) is 0 Å². The smallest absolute Gasteiger partial charge is 0.113 e. The van der Waals surface area contributed by atoms with Crippen LogP contribution in [-0.2, 0) is 0 Å². The van der Waals surface area contributed by atoms with E-state index in [9.17, 15) is 0 Å². The van der Waals surface area contributed by atoms with Crippen molar-refractivity contribution in [2.75, 3.05) is 19.0 Å². The molecule has 3 heteroatoms. The molecule has 2 nitrogen and oxygen atoms in total. The molecule has 0 unspecified atom stereocenters. The van der Waals surface area contributed by atoms with E-state index in [-0.39, 0.29) is 0 Å². The Morgan fingerprint density at radius 2 is 2.00 bits per heavy atom. The molecule has 0 aliphatic heterocycles. The average Bonchev–Trinajstić information content (AvgIpc) is 2.18. The summed E-state index contributed by atoms with van der Waals surface area (Å²) in [7, 11) is 4.07. The Hall–Kier alpha value is -1.09. The second-order valence-corrected chi connectivity index (χ2v) is 4.15. The van der Waals surface area contributed by atoms with Gasteiger partial charge in [-0.3, -0.25) is 0 Å². The van der Waals surface area contributed by atoms with Crippen molar-refractivity contribution in [1.29, 1.82) is 0 Å². The number of nitrogens with zero attached hydrogens (tertiary/aromatic N) is 2. The van der Waals surface area contributed by atoms with Gasteiger partial charge in [0, 0.05) is 31.4 Å². The molecule has 1 heterocycles. The maximum absolute atomic E-state index is 4.21. The summed E-state index contributed by atoms with van der Waals surface area (Å²) in [6, 6.07) is 8.36. The molecular weight excluding hydrogens is 240 g/mol. The minimum atomic E-state index is 0.902. The van der Waals surface area contributed by atoms with Crippen molar-refractivity contribution in [3.8, 4) is 0 Å². The summed E-state index contributed by atoms with van der Waals surface area (Å²) < 4.78 is 0.902. The number of hydrogen-bond acceptors (Lipinski definition) is 2. The first-order valence-corrected chi connectivity index (χ1v) is 5.19. The van der Waals surface area contributed by atoms with Gasteiger partial charge >= 0.3 is 0 Å². The molecule has 14 heavy (non-hydrogen) atoms. The quantitative estimate of drug-likeness (QED) is 0.724. The van der Waals surface area contributed by atoms with E-state index >= 15 is 0 Å². The van der Waals surface area contributed by atoms with E-state index in [2.05, 4.69) is 44.0 Å². The van der Waals surface area contributed by atoms with Gasteiger partial charge in [-0.2, -0.15) is 0 Å². The van der Waals surface area contributed by atoms with Crippen LogP contribution in [0.15, 0.2) is 35.1 Å². The standard InChI is InChI=1S/C11H11BrN2/c1-14(2)9-4-3-8-5-6-13-11(12)10(8)7-9/h3-7H,1-2H3. The number of anilines is 1. The number of benzene rings is 1. The van der Waals surface area contributed by atoms with E-state index in [1.54, 1.807) is 0 Å². The van der Waals surface area contributed by atoms with Crippen molar-refractivity contribution in [2.24, 2.45) is 0 Å². The van der Waals surface area contributed by atoms with E-state index in [4.69, 9.17) is 0 Å². The molecule has 0 bridgehead atoms. The Kier molecular flexibility index (Phi) is 2.42. The predicted molar refractivity (Wildman–Crippen MR) is 63.8 cm³/mol. The Bertz CT molecular complexity index is 466. The van der Waals surface area contributed by atoms with Crippen molar-refractivity contribution in [1.82, 2.24) is 4.98 Å². The summed E-state index contributed by atoms with van der Waals surface area (Å²) in [5, 5.41) is 2.36. The lowest BCUT2D eigenvalue weighted by molar-refractivity contribution is 1.13. The summed E-state index contributed by atoms with van der Waals surface area (Å²) in [6.45, 7) is 0. The van der Waals surface area contributed by atoms with E-state index in [1.165, 1.54) is 11.1 Å². The average molecular weight is 251 g/mol. The highest BCUT2D eigenvalue weighted by Crippen LogP contribution is 2.25. The summed E-state index contributed by atoms with van der Waals surface area (Å²) in [4.78, 5) is 6.29. The molecule has 0 saturated heterocycles. The van der Waals surface area contributed by atoms with Gasteiger partial charge in [-0.15, -0.1) is 0 Å². The number of aromatic nitrogens is 1. The fraction of sp³-hybridized carbons (Fsp3) is 0.182. The maximum atomic E-state index is 4.21. The first-order valence-electron chi connectivity index (χ1n) is 4.40. The maximum Gasteiger partial charge on any atom is 0.113 e. The van der Waals surface area contributed by atoms with Crippen molar-refractivity contribution < 1.29 is 0 Å². The lowest BCUT2D eigenvalue weighted by atomic mass is 10.1. The molecule has 2 aromatic rings. The molecule has 0 fully saturated rings. The number of pyridine rings is 1. The fourth-order valence-corrected chi connectivity index (χ4v) is 1.86. The van der Waals surface area contributed by atoms with Crippen LogP contribution in [0.1, 0.15) is 0 Å². The van der Waals surface area contributed by atoms with Crippen molar-refractivity contribution in [3.05, 3.63) is 35.1 Å². The Morgan fingerprint density at radius 1 is 1.21 bits per heavy atom. The largest absolute Gasteiger partial charge is 0.378 e. The number of halogens is 1. The van der Waals surface area contributed by atoms with Crippen LogP contribution in [0.5, 0.6) is 0 Å². The molecule has 0 aliphatic rings. The summed E-state index contributed by atoms with van der Waals surface area (Å²) in [6.07, 6.45) is 1.81. The van der Waals surface area contributed by atoms with Crippen LogP contribution in [-0.4, -0.2) is 19.1 Å². The van der Waals surface area contributed by atoms with Gasteiger partial charge in [-0.1, -0.05) is 6.07 Å². The van der Waals surface area contributed by atoms with Crippen LogP contribution in [0.4, 0.5) is 5.69 Å². The van der Waals surface area contributed by atoms with Crippen molar-refractivity contribution in [2.45, 2.75) is 0 Å². The van der Waals surface area contributed by atoms with Crippen LogP contribution in [0.25, 0.3) is 10.8 Å². The highest BCUT2D eigenvalue weighted by Gasteiger charge is 2.01. The zero-order chi connectivity index (χ0) is 10.1. The Morgan fingerprint density at radius 3 is 2.71 bits per heavy atom. The lowest BCUT2D eigenvalue weighted by Gasteiger charge is -2.13. The molecule has 0 amide bonds. The molecule has 0 spiro atoms. The zero-order valence-electron chi connectivity index (χ0n) is 8.16. The molecule has 1 aromatic heterocycles. The van der Waals surface area contributed by atoms with Crippen LogP contribution in [0, 0.1) is 0 Å². The third kappa shape index (κ3) is 1.60. The van der Waals surface area contributed by atoms with Crippen LogP contribution in [0.3, 0.4) is 0 Å². The van der Waals surface area contributed by atoms with Gasteiger partial charge in [0.1, 0.15) is 4.60 Å². The second kappa shape index (κ2) is 3.58. The zero-order valence-corrected chi connectivity index (χ0v) is 9.75. The van der Waals surface area contributed by atoms with Crippen LogP contribution in [0.2, 0.25) is 0 Å². The topological polar surface area (TPSA) is 16.1 Å². The van der Waals surface area contributed by atoms with Gasteiger partial charge in [-0.25, -0.2) is 4.98 Å².